The molecule has 0 spiro atoms. The summed E-state index contributed by atoms with van der Waals surface area (Å²) in [5, 5.41) is 26.1. The molecule has 8 rings (SSSR count). The first-order valence-electron chi connectivity index (χ1n) is 33.3. The minimum Gasteiger partial charge on any atom is -0.593 e. The van der Waals surface area contributed by atoms with E-state index in [-0.39, 0.29) is 172 Å². The number of likely N-dealkylation sites (N-methyl/N-ethyl adjacent to an activating group) is 2. The average Bonchev–Trinajstić information content (AvgIpc) is 0.779. The fraction of sp³-hybridized carbons (Fsp3) is 0.435. The van der Waals surface area contributed by atoms with Gasteiger partial charge >= 0.3 is 12.1 Å². The summed E-state index contributed by atoms with van der Waals surface area (Å²) in [7, 11) is -3.74. The number of urea groups is 2. The number of nitrogens with zero attached hydrogens (tertiary/aromatic N) is 3. The zero-order chi connectivity index (χ0) is 72.9. The Morgan fingerprint density at radius 3 is 1.38 bits per heavy atom. The number of amides is 5. The van der Waals surface area contributed by atoms with Gasteiger partial charge in [-0.2, -0.15) is 0 Å². The number of hydrogen-bond donors (Lipinski definition) is 9. The fourth-order valence-corrected chi connectivity index (χ4v) is 14.7. The highest BCUT2D eigenvalue weighted by molar-refractivity contribution is 7.89. The SMILES string of the molecule is CN1Cc2c(Cl)cc(Cl)cc2[C@H](c2cccc(S(=O)(=O)NCCOCCOCCNC(=O)NCCN(CCN[NH+]([O-])NCCOCCOCCNS(=O)(=O)c3cccc([C@@H]4CN(C)Cc5c(Cl)cc(Cl)cc54)c3)C(=O)NCCOCCOCCNC(=O)c3ccc(-c4ccc(Cl)cc4)cc3)c2)C1. The highest BCUT2D eigenvalue weighted by atomic mass is 35.5. The monoisotopic (exact) mass is 1550 g/mol. The van der Waals surface area contributed by atoms with Crippen molar-refractivity contribution in [3.8, 4) is 11.1 Å². The summed E-state index contributed by atoms with van der Waals surface area (Å²) in [5.41, 5.74) is 13.4. The predicted molar refractivity (Wildman–Crippen MR) is 393 cm³/mol. The van der Waals surface area contributed by atoms with Gasteiger partial charge in [0, 0.05) is 121 Å². The topological polar surface area (TPSA) is 308 Å². The molecule has 0 saturated heterocycles. The number of benzene rings is 6. The van der Waals surface area contributed by atoms with Crippen molar-refractivity contribution in [3.05, 3.63) is 191 Å². The van der Waals surface area contributed by atoms with Crippen LogP contribution in [0.2, 0.25) is 25.1 Å². The maximum absolute atomic E-state index is 13.4. The van der Waals surface area contributed by atoms with Gasteiger partial charge < -0.3 is 69.6 Å². The zero-order valence-electron chi connectivity index (χ0n) is 56.8. The smallest absolute Gasteiger partial charge is 0.317 e. The lowest BCUT2D eigenvalue weighted by Gasteiger charge is -2.33. The van der Waals surface area contributed by atoms with Crippen LogP contribution >= 0.6 is 58.0 Å². The third-order valence-electron chi connectivity index (χ3n) is 16.4. The van der Waals surface area contributed by atoms with Gasteiger partial charge in [0.2, 0.25) is 20.0 Å². The molecule has 9 N–H and O–H groups in total. The summed E-state index contributed by atoms with van der Waals surface area (Å²) in [6.45, 7) is 5.86. The van der Waals surface area contributed by atoms with Crippen LogP contribution in [-0.4, -0.2) is 221 Å². The van der Waals surface area contributed by atoms with Crippen LogP contribution < -0.4 is 46.8 Å². The van der Waals surface area contributed by atoms with Crippen molar-refractivity contribution in [1.82, 2.24) is 56.3 Å². The van der Waals surface area contributed by atoms with Crippen molar-refractivity contribution in [2.45, 2.75) is 34.7 Å². The Kier molecular flexibility index (Phi) is 33.9. The number of rotatable bonds is 43. The Labute approximate surface area is 621 Å². The van der Waals surface area contributed by atoms with Gasteiger partial charge in [0.15, 0.2) is 0 Å². The molecule has 33 heteroatoms. The van der Waals surface area contributed by atoms with Gasteiger partial charge in [0.25, 0.3) is 5.91 Å². The minimum atomic E-state index is -3.86. The maximum atomic E-state index is 13.4. The Morgan fingerprint density at radius 1 is 0.480 bits per heavy atom. The second kappa shape index (κ2) is 42.3. The molecule has 0 saturated carbocycles. The van der Waals surface area contributed by atoms with Gasteiger partial charge in [0.05, 0.1) is 102 Å². The first-order chi connectivity index (χ1) is 49.1. The number of ether oxygens (including phenoxy) is 6. The number of carbonyl (C=O) groups is 3. The van der Waals surface area contributed by atoms with Crippen LogP contribution in [0.25, 0.3) is 11.1 Å². The molecule has 2 aliphatic rings. The van der Waals surface area contributed by atoms with E-state index < -0.39 is 37.4 Å². The van der Waals surface area contributed by atoms with E-state index >= 15 is 0 Å². The van der Waals surface area contributed by atoms with E-state index in [1.165, 1.54) is 4.90 Å². The van der Waals surface area contributed by atoms with Gasteiger partial charge in [-0.15, -0.1) is 10.9 Å². The number of quaternary nitrogens is 1. The molecule has 1 unspecified atom stereocenters. The van der Waals surface area contributed by atoms with Crippen LogP contribution in [0.3, 0.4) is 0 Å². The number of sulfonamides is 2. The Morgan fingerprint density at radius 2 is 0.892 bits per heavy atom. The Balaban J connectivity index is 0.678. The van der Waals surface area contributed by atoms with Crippen LogP contribution in [0.4, 0.5) is 9.59 Å². The molecular weight excluding hydrogens is 1460 g/mol. The molecule has 0 bridgehead atoms. The summed E-state index contributed by atoms with van der Waals surface area (Å²) in [6.07, 6.45) is 0. The largest absolute Gasteiger partial charge is 0.593 e. The number of fused-ring (bicyclic) bond motifs is 2. The van der Waals surface area contributed by atoms with Crippen LogP contribution in [0, 0.1) is 5.21 Å². The lowest BCUT2D eigenvalue weighted by atomic mass is 9.85. The molecule has 0 fully saturated rings. The Bertz CT molecular complexity index is 3900. The first-order valence-corrected chi connectivity index (χ1v) is 38.2. The van der Waals surface area contributed by atoms with E-state index in [4.69, 9.17) is 86.4 Å². The van der Waals surface area contributed by atoms with E-state index in [1.807, 2.05) is 74.8 Å². The van der Waals surface area contributed by atoms with Gasteiger partial charge in [-0.25, -0.2) is 41.2 Å². The van der Waals surface area contributed by atoms with Gasteiger partial charge in [-0.3, -0.25) is 4.79 Å². The summed E-state index contributed by atoms with van der Waals surface area (Å²) >= 11 is 31.9. The van der Waals surface area contributed by atoms with Crippen molar-refractivity contribution < 1.29 is 64.9 Å². The van der Waals surface area contributed by atoms with Crippen LogP contribution in [0.5, 0.6) is 0 Å². The minimum absolute atomic E-state index is 0.0282. The Hall–Kier alpha value is -5.88. The van der Waals surface area contributed by atoms with Gasteiger partial charge in [0.1, 0.15) is 0 Å². The maximum Gasteiger partial charge on any atom is 0.317 e. The first kappa shape index (κ1) is 81.8. The predicted octanol–water partition coefficient (Wildman–Crippen LogP) is 6.26. The number of hydrogen-bond acceptors (Lipinski definition) is 18. The summed E-state index contributed by atoms with van der Waals surface area (Å²) in [4.78, 5) is 44.8. The lowest BCUT2D eigenvalue weighted by molar-refractivity contribution is -0.941. The summed E-state index contributed by atoms with van der Waals surface area (Å²) in [6, 6.07) is 34.6. The molecule has 6 aromatic rings. The summed E-state index contributed by atoms with van der Waals surface area (Å²) < 4.78 is 92.0. The fourth-order valence-electron chi connectivity index (χ4n) is 11.3. The third kappa shape index (κ3) is 26.6. The molecule has 3 atom stereocenters. The molecule has 6 aromatic carbocycles. The van der Waals surface area contributed by atoms with Crippen molar-refractivity contribution in [2.75, 3.05) is 172 Å². The number of carbonyl (C=O) groups excluding carboxylic acids is 3. The zero-order valence-corrected chi connectivity index (χ0v) is 62.3. The van der Waals surface area contributed by atoms with E-state index in [1.54, 1.807) is 60.7 Å². The van der Waals surface area contributed by atoms with E-state index in [9.17, 15) is 36.4 Å². The molecular formula is C69H89Cl5N12O14S2. The summed E-state index contributed by atoms with van der Waals surface area (Å²) in [5.74, 6) is -0.490. The highest BCUT2D eigenvalue weighted by Gasteiger charge is 2.30. The van der Waals surface area contributed by atoms with Crippen LogP contribution in [-0.2, 0) is 61.6 Å². The highest BCUT2D eigenvalue weighted by Crippen LogP contribution is 2.41. The molecule has 2 aliphatic heterocycles. The molecule has 102 heavy (non-hydrogen) atoms. The van der Waals surface area contributed by atoms with Gasteiger partial charge in [-0.1, -0.05) is 107 Å². The molecule has 26 nitrogen and oxygen atoms in total. The van der Waals surface area contributed by atoms with E-state index in [2.05, 4.69) is 51.4 Å². The van der Waals surface area contributed by atoms with Gasteiger partial charge in [-0.05, 0) is 131 Å². The number of nitrogens with one attached hydrogen (secondary N) is 9. The second-order valence-corrected chi connectivity index (χ2v) is 29.6. The number of halogens is 5. The molecule has 2 heterocycles. The van der Waals surface area contributed by atoms with E-state index in [0.717, 1.165) is 44.5 Å². The molecule has 0 radical (unpaired) electrons. The average molecular weight is 1550 g/mol. The van der Waals surface area contributed by atoms with Crippen LogP contribution in [0.1, 0.15) is 55.6 Å². The standard InChI is InChI=1S/C69H89Cl5N12O14S2/c1-83-45-61(59-41-55(71)43-65(73)63(59)47-83)52-5-3-7-57(39-52)101(91,92)81-23-31-99-37-35-96-28-20-77-68(88)76-17-25-85(69(89)78-21-29-97-34-33-95-27-19-75-67(87)51-11-9-49(10-12-51)50-13-15-54(70)16-14-50)26-18-79-86(90)80-22-30-98-36-38-100-32-24-82-102(93,94)58-8-4-6-53(40-58)62-46-84(2)48-64-60(62)42-56(72)44-66(64)74/h3-16,39-44,61-62,79-82,86H,17-38,45-48H2,1-2H3,(H,75,87)(H,78,89)(H2,76,77,88)/t61-,62-/m0/s1. The lowest BCUT2D eigenvalue weighted by Crippen LogP contribution is -3.20. The molecule has 5 amide bonds. The molecule has 0 aromatic heterocycles. The van der Waals surface area contributed by atoms with Crippen molar-refractivity contribution in [1.29, 1.82) is 0 Å². The van der Waals surface area contributed by atoms with Crippen molar-refractivity contribution in [3.63, 3.8) is 0 Å². The van der Waals surface area contributed by atoms with Crippen LogP contribution in [0.15, 0.2) is 131 Å². The normalized spacial score (nSPS) is 15.1. The quantitative estimate of drug-likeness (QED) is 0.0151. The second-order valence-electron chi connectivity index (χ2n) is 23.9. The van der Waals surface area contributed by atoms with E-state index in [0.29, 0.717) is 56.9 Å². The van der Waals surface area contributed by atoms with Crippen molar-refractivity contribution >= 4 is 96.0 Å². The third-order valence-corrected chi connectivity index (χ3v) is 20.7. The molecule has 556 valence electrons. The van der Waals surface area contributed by atoms with Crippen molar-refractivity contribution in [2.24, 2.45) is 0 Å². The molecule has 0 aliphatic carbocycles.